The zero-order valence-corrected chi connectivity index (χ0v) is 12.0. The Hall–Kier alpha value is -1.44. The standard InChI is InChI=1S/C11H7ClN2O3S2/c1-13-10(15)9(19-11(13)18)5-6-4-7(14(16)17)2-3-8(6)12/h2-5H,1H3/b9-5-. The van der Waals surface area contributed by atoms with Crippen LogP contribution in [0.4, 0.5) is 5.69 Å². The van der Waals surface area contributed by atoms with E-state index in [1.807, 2.05) is 0 Å². The van der Waals surface area contributed by atoms with Crippen molar-refractivity contribution in [3.63, 3.8) is 0 Å². The molecular weight excluding hydrogens is 308 g/mol. The number of likely N-dealkylation sites (N-methyl/N-ethyl adjacent to an activating group) is 1. The van der Waals surface area contributed by atoms with Crippen LogP contribution in [0, 0.1) is 10.1 Å². The summed E-state index contributed by atoms with van der Waals surface area (Å²) in [6, 6.07) is 4.06. The van der Waals surface area contributed by atoms with E-state index in [-0.39, 0.29) is 11.6 Å². The van der Waals surface area contributed by atoms with Crippen molar-refractivity contribution in [1.29, 1.82) is 0 Å². The van der Waals surface area contributed by atoms with Crippen LogP contribution in [-0.4, -0.2) is 27.1 Å². The molecule has 0 bridgehead atoms. The van der Waals surface area contributed by atoms with Gasteiger partial charge in [0, 0.05) is 29.8 Å². The molecule has 0 unspecified atom stereocenters. The number of carbonyl (C=O) groups excluding carboxylic acids is 1. The van der Waals surface area contributed by atoms with E-state index in [1.165, 1.54) is 29.2 Å². The molecule has 5 nitrogen and oxygen atoms in total. The van der Waals surface area contributed by atoms with Crippen LogP contribution in [-0.2, 0) is 4.79 Å². The van der Waals surface area contributed by atoms with Crippen LogP contribution in [0.25, 0.3) is 6.08 Å². The minimum absolute atomic E-state index is 0.0809. The summed E-state index contributed by atoms with van der Waals surface area (Å²) < 4.78 is 0.442. The van der Waals surface area contributed by atoms with Crippen molar-refractivity contribution < 1.29 is 9.72 Å². The molecule has 98 valence electrons. The molecule has 1 aliphatic rings. The summed E-state index contributed by atoms with van der Waals surface area (Å²) in [5.41, 5.74) is 0.340. The SMILES string of the molecule is CN1C(=O)/C(=C/c2cc([N+](=O)[O-])ccc2Cl)SC1=S. The first-order chi connectivity index (χ1) is 8.90. The number of halogens is 1. The lowest BCUT2D eigenvalue weighted by Crippen LogP contribution is -2.22. The van der Waals surface area contributed by atoms with Gasteiger partial charge in [0.15, 0.2) is 0 Å². The van der Waals surface area contributed by atoms with Crippen molar-refractivity contribution in [2.75, 3.05) is 7.05 Å². The lowest BCUT2D eigenvalue weighted by atomic mass is 10.2. The molecule has 1 aromatic carbocycles. The first kappa shape index (κ1) is 14.0. The smallest absolute Gasteiger partial charge is 0.270 e. The lowest BCUT2D eigenvalue weighted by molar-refractivity contribution is -0.384. The number of thiocarbonyl (C=S) groups is 1. The third-order valence-corrected chi connectivity index (χ3v) is 4.29. The molecule has 0 atom stereocenters. The van der Waals surface area contributed by atoms with Crippen molar-refractivity contribution in [1.82, 2.24) is 4.90 Å². The first-order valence-electron chi connectivity index (χ1n) is 5.05. The second-order valence-electron chi connectivity index (χ2n) is 3.70. The molecule has 0 radical (unpaired) electrons. The number of nitrogens with zero attached hydrogens (tertiary/aromatic N) is 2. The molecule has 19 heavy (non-hydrogen) atoms. The molecule has 1 amide bonds. The summed E-state index contributed by atoms with van der Waals surface area (Å²) in [5, 5.41) is 11.1. The van der Waals surface area contributed by atoms with Crippen LogP contribution in [0.1, 0.15) is 5.56 Å². The molecule has 1 aromatic rings. The maximum Gasteiger partial charge on any atom is 0.270 e. The highest BCUT2D eigenvalue weighted by Gasteiger charge is 2.29. The Bertz CT molecular complexity index is 630. The van der Waals surface area contributed by atoms with Crippen LogP contribution in [0.5, 0.6) is 0 Å². The Morgan fingerprint density at radius 2 is 2.21 bits per heavy atom. The van der Waals surface area contributed by atoms with Gasteiger partial charge in [0.2, 0.25) is 0 Å². The van der Waals surface area contributed by atoms with Gasteiger partial charge >= 0.3 is 0 Å². The molecule has 0 saturated carbocycles. The van der Waals surface area contributed by atoms with Crippen LogP contribution in [0.3, 0.4) is 0 Å². The number of hydrogen-bond acceptors (Lipinski definition) is 5. The zero-order valence-electron chi connectivity index (χ0n) is 9.62. The molecule has 0 aliphatic carbocycles. The van der Waals surface area contributed by atoms with Gasteiger partial charge < -0.3 is 0 Å². The van der Waals surface area contributed by atoms with Gasteiger partial charge in [-0.1, -0.05) is 35.6 Å². The number of non-ortho nitro benzene ring substituents is 1. The molecule has 0 aromatic heterocycles. The molecule has 1 aliphatic heterocycles. The number of rotatable bonds is 2. The van der Waals surface area contributed by atoms with Crippen molar-refractivity contribution in [2.24, 2.45) is 0 Å². The highest BCUT2D eigenvalue weighted by molar-refractivity contribution is 8.26. The Labute approximate surface area is 123 Å². The predicted octanol–water partition coefficient (Wildman–Crippen LogP) is 3.08. The van der Waals surface area contributed by atoms with E-state index in [0.29, 0.717) is 19.8 Å². The van der Waals surface area contributed by atoms with Gasteiger partial charge in [-0.25, -0.2) is 0 Å². The first-order valence-corrected chi connectivity index (χ1v) is 6.66. The zero-order chi connectivity index (χ0) is 14.2. The van der Waals surface area contributed by atoms with Crippen molar-refractivity contribution >= 4 is 57.6 Å². The number of hydrogen-bond donors (Lipinski definition) is 0. The highest BCUT2D eigenvalue weighted by atomic mass is 35.5. The van der Waals surface area contributed by atoms with E-state index >= 15 is 0 Å². The van der Waals surface area contributed by atoms with E-state index in [4.69, 9.17) is 23.8 Å². The minimum atomic E-state index is -0.515. The summed E-state index contributed by atoms with van der Waals surface area (Å²) in [4.78, 5) is 23.8. The van der Waals surface area contributed by atoms with E-state index in [0.717, 1.165) is 11.8 Å². The van der Waals surface area contributed by atoms with Crippen molar-refractivity contribution in [2.45, 2.75) is 0 Å². The number of nitro groups is 1. The monoisotopic (exact) mass is 314 g/mol. The summed E-state index contributed by atoms with van der Waals surface area (Å²) in [6.07, 6.45) is 1.51. The van der Waals surface area contributed by atoms with Gasteiger partial charge in [0.25, 0.3) is 11.6 Å². The second-order valence-corrected chi connectivity index (χ2v) is 5.79. The predicted molar refractivity (Wildman–Crippen MR) is 79.0 cm³/mol. The minimum Gasteiger partial charge on any atom is -0.296 e. The molecule has 1 fully saturated rings. The fourth-order valence-corrected chi connectivity index (χ4v) is 2.78. The summed E-state index contributed by atoms with van der Waals surface area (Å²) in [7, 11) is 1.58. The van der Waals surface area contributed by atoms with Gasteiger partial charge in [-0.05, 0) is 12.1 Å². The Morgan fingerprint density at radius 1 is 1.53 bits per heavy atom. The molecule has 1 heterocycles. The van der Waals surface area contributed by atoms with Crippen LogP contribution in [0.15, 0.2) is 23.1 Å². The number of amides is 1. The van der Waals surface area contributed by atoms with E-state index in [1.54, 1.807) is 7.05 Å². The fourth-order valence-electron chi connectivity index (χ4n) is 1.44. The fraction of sp³-hybridized carbons (Fsp3) is 0.0909. The molecule has 0 N–H and O–H groups in total. The largest absolute Gasteiger partial charge is 0.296 e. The Morgan fingerprint density at radius 3 is 2.74 bits per heavy atom. The quantitative estimate of drug-likeness (QED) is 0.363. The van der Waals surface area contributed by atoms with Gasteiger partial charge in [-0.3, -0.25) is 19.8 Å². The number of thioether (sulfide) groups is 1. The van der Waals surface area contributed by atoms with Gasteiger partial charge in [-0.2, -0.15) is 0 Å². The van der Waals surface area contributed by atoms with E-state index in [9.17, 15) is 14.9 Å². The van der Waals surface area contributed by atoms with E-state index < -0.39 is 4.92 Å². The van der Waals surface area contributed by atoms with Gasteiger partial charge in [0.05, 0.1) is 9.83 Å². The normalized spacial score (nSPS) is 17.4. The van der Waals surface area contributed by atoms with E-state index in [2.05, 4.69) is 0 Å². The highest BCUT2D eigenvalue weighted by Crippen LogP contribution is 2.33. The molecule has 8 heteroatoms. The maximum atomic E-state index is 11.8. The van der Waals surface area contributed by atoms with Crippen LogP contribution >= 0.6 is 35.6 Å². The van der Waals surface area contributed by atoms with Crippen LogP contribution < -0.4 is 0 Å². The summed E-state index contributed by atoms with van der Waals surface area (Å²) in [6.45, 7) is 0. The number of benzene rings is 1. The van der Waals surface area contributed by atoms with Crippen molar-refractivity contribution in [3.8, 4) is 0 Å². The number of carbonyl (C=O) groups is 1. The lowest BCUT2D eigenvalue weighted by Gasteiger charge is -2.03. The van der Waals surface area contributed by atoms with Gasteiger partial charge in [-0.15, -0.1) is 0 Å². The molecule has 2 rings (SSSR count). The molecule has 0 spiro atoms. The Balaban J connectivity index is 2.43. The van der Waals surface area contributed by atoms with Crippen LogP contribution in [0.2, 0.25) is 5.02 Å². The average molecular weight is 315 g/mol. The van der Waals surface area contributed by atoms with Gasteiger partial charge in [0.1, 0.15) is 4.32 Å². The summed E-state index contributed by atoms with van der Waals surface area (Å²) >= 11 is 12.1. The third-order valence-electron chi connectivity index (χ3n) is 2.46. The average Bonchev–Trinajstić information content (AvgIpc) is 2.59. The molecule has 1 saturated heterocycles. The second kappa shape index (κ2) is 5.28. The molecular formula is C11H7ClN2O3S2. The third kappa shape index (κ3) is 2.78. The topological polar surface area (TPSA) is 63.5 Å². The number of nitro benzene ring substituents is 1. The summed E-state index contributed by atoms with van der Waals surface area (Å²) in [5.74, 6) is -0.238. The van der Waals surface area contributed by atoms with Crippen molar-refractivity contribution in [3.05, 3.63) is 43.8 Å². The Kier molecular flexibility index (Phi) is 3.88. The maximum absolute atomic E-state index is 11.8.